The van der Waals surface area contributed by atoms with Crippen molar-refractivity contribution in [2.45, 2.75) is 19.0 Å². The van der Waals surface area contributed by atoms with Crippen molar-refractivity contribution in [3.05, 3.63) is 0 Å². The van der Waals surface area contributed by atoms with E-state index in [0.29, 0.717) is 13.1 Å². The van der Waals surface area contributed by atoms with E-state index in [4.69, 9.17) is 10.2 Å². The third kappa shape index (κ3) is 8.28. The molecule has 0 rings (SSSR count). The molecule has 0 amide bonds. The lowest BCUT2D eigenvalue weighted by Gasteiger charge is -2.20. The van der Waals surface area contributed by atoms with E-state index in [1.165, 1.54) is 0 Å². The lowest BCUT2D eigenvalue weighted by Crippen LogP contribution is -2.31. The van der Waals surface area contributed by atoms with E-state index >= 15 is 0 Å². The fourth-order valence-electron chi connectivity index (χ4n) is 1.12. The molecule has 0 unspecified atom stereocenters. The highest BCUT2D eigenvalue weighted by molar-refractivity contribution is 4.59. The number of rotatable bonds is 7. The Morgan fingerprint density at radius 3 is 1.79 bits per heavy atom. The Labute approximate surface area is 81.1 Å². The molecule has 3 nitrogen and oxygen atoms in total. The second-order valence-electron chi connectivity index (χ2n) is 3.01. The highest BCUT2D eigenvalue weighted by Gasteiger charge is 2.26. The topological polar surface area (TPSA) is 43.7 Å². The Morgan fingerprint density at radius 2 is 1.43 bits per heavy atom. The van der Waals surface area contributed by atoms with E-state index in [0.717, 1.165) is 0 Å². The number of aliphatic hydroxyl groups excluding tert-OH is 2. The molecule has 0 fully saturated rings. The van der Waals surface area contributed by atoms with Gasteiger partial charge in [-0.2, -0.15) is 13.2 Å². The van der Waals surface area contributed by atoms with Gasteiger partial charge < -0.3 is 10.2 Å². The van der Waals surface area contributed by atoms with Crippen molar-refractivity contribution in [2.75, 3.05) is 32.8 Å². The molecule has 2 N–H and O–H groups in total. The molecule has 0 heterocycles. The summed E-state index contributed by atoms with van der Waals surface area (Å²) >= 11 is 0. The zero-order valence-electron chi connectivity index (χ0n) is 7.93. The molecule has 0 spiro atoms. The predicted molar refractivity (Wildman–Crippen MR) is 45.9 cm³/mol. The Balaban J connectivity index is 3.60. The maximum atomic E-state index is 11.8. The van der Waals surface area contributed by atoms with Crippen LogP contribution in [0.3, 0.4) is 0 Å². The Bertz CT molecular complexity index is 135. The molecule has 0 aliphatic carbocycles. The predicted octanol–water partition coefficient (Wildman–Crippen LogP) is 0.615. The summed E-state index contributed by atoms with van der Waals surface area (Å²) in [6, 6.07) is 0. The van der Waals surface area contributed by atoms with E-state index in [9.17, 15) is 13.2 Å². The molecule has 6 heteroatoms. The van der Waals surface area contributed by atoms with Gasteiger partial charge in [0.15, 0.2) is 0 Å². The minimum Gasteiger partial charge on any atom is -0.395 e. The normalized spacial score (nSPS) is 12.4. The van der Waals surface area contributed by atoms with Gasteiger partial charge in [-0.15, -0.1) is 0 Å². The van der Waals surface area contributed by atoms with Crippen molar-refractivity contribution < 1.29 is 23.4 Å². The van der Waals surface area contributed by atoms with Gasteiger partial charge in [-0.1, -0.05) is 0 Å². The molecule has 0 atom stereocenters. The summed E-state index contributed by atoms with van der Waals surface area (Å²) in [5.41, 5.74) is 0. The van der Waals surface area contributed by atoms with Crippen LogP contribution in [0.4, 0.5) is 13.2 Å². The van der Waals surface area contributed by atoms with Gasteiger partial charge in [0.25, 0.3) is 0 Å². The van der Waals surface area contributed by atoms with Crippen LogP contribution in [0.25, 0.3) is 0 Å². The van der Waals surface area contributed by atoms with E-state index < -0.39 is 12.6 Å². The SMILES string of the molecule is OCCN(CCO)CCCC(F)(F)F. The molecule has 14 heavy (non-hydrogen) atoms. The van der Waals surface area contributed by atoms with Crippen LogP contribution in [0.1, 0.15) is 12.8 Å². The van der Waals surface area contributed by atoms with Crippen LogP contribution in [0.2, 0.25) is 0 Å². The van der Waals surface area contributed by atoms with Gasteiger partial charge in [0.05, 0.1) is 13.2 Å². The third-order valence-corrected chi connectivity index (χ3v) is 1.77. The summed E-state index contributed by atoms with van der Waals surface area (Å²) in [5.74, 6) is 0. The van der Waals surface area contributed by atoms with Crippen LogP contribution in [0.15, 0.2) is 0 Å². The second kappa shape index (κ2) is 7.03. The molecule has 0 radical (unpaired) electrons. The molecule has 0 aromatic carbocycles. The first-order valence-electron chi connectivity index (χ1n) is 4.50. The van der Waals surface area contributed by atoms with Crippen molar-refractivity contribution in [3.8, 4) is 0 Å². The van der Waals surface area contributed by atoms with Crippen LogP contribution in [0, 0.1) is 0 Å². The summed E-state index contributed by atoms with van der Waals surface area (Å²) in [7, 11) is 0. The molecule has 0 aliphatic rings. The first kappa shape index (κ1) is 13.7. The average Bonchev–Trinajstić information content (AvgIpc) is 2.02. The number of hydrogen-bond acceptors (Lipinski definition) is 3. The summed E-state index contributed by atoms with van der Waals surface area (Å²) in [5, 5.41) is 17.2. The highest BCUT2D eigenvalue weighted by Crippen LogP contribution is 2.21. The van der Waals surface area contributed by atoms with Gasteiger partial charge in [-0.05, 0) is 13.0 Å². The monoisotopic (exact) mass is 215 g/mol. The van der Waals surface area contributed by atoms with E-state index in [2.05, 4.69) is 0 Å². The fraction of sp³-hybridized carbons (Fsp3) is 1.00. The van der Waals surface area contributed by atoms with Gasteiger partial charge in [0.1, 0.15) is 0 Å². The van der Waals surface area contributed by atoms with Gasteiger partial charge in [0.2, 0.25) is 0 Å². The number of alkyl halides is 3. The van der Waals surface area contributed by atoms with Gasteiger partial charge in [0, 0.05) is 19.5 Å². The molecule has 0 aromatic rings. The Hall–Kier alpha value is -0.330. The zero-order chi connectivity index (χ0) is 11.0. The minimum absolute atomic E-state index is 0.00347. The summed E-state index contributed by atoms with van der Waals surface area (Å²) < 4.78 is 35.3. The van der Waals surface area contributed by atoms with E-state index in [1.54, 1.807) is 4.90 Å². The molecular weight excluding hydrogens is 199 g/mol. The van der Waals surface area contributed by atoms with Gasteiger partial charge >= 0.3 is 6.18 Å². The van der Waals surface area contributed by atoms with E-state index in [-0.39, 0.29) is 26.2 Å². The smallest absolute Gasteiger partial charge is 0.389 e. The van der Waals surface area contributed by atoms with Crippen molar-refractivity contribution in [1.29, 1.82) is 0 Å². The lowest BCUT2D eigenvalue weighted by molar-refractivity contribution is -0.136. The standard InChI is InChI=1S/C8H16F3NO2/c9-8(10,11)2-1-3-12(4-6-13)5-7-14/h13-14H,1-7H2. The number of nitrogens with zero attached hydrogens (tertiary/aromatic N) is 1. The summed E-state index contributed by atoms with van der Waals surface area (Å²) in [4.78, 5) is 1.60. The van der Waals surface area contributed by atoms with Crippen LogP contribution in [-0.4, -0.2) is 54.1 Å². The Morgan fingerprint density at radius 1 is 0.929 bits per heavy atom. The zero-order valence-corrected chi connectivity index (χ0v) is 7.93. The average molecular weight is 215 g/mol. The second-order valence-corrected chi connectivity index (χ2v) is 3.01. The maximum Gasteiger partial charge on any atom is 0.389 e. The number of halogens is 3. The van der Waals surface area contributed by atoms with Gasteiger partial charge in [-0.25, -0.2) is 0 Å². The fourth-order valence-corrected chi connectivity index (χ4v) is 1.12. The highest BCUT2D eigenvalue weighted by atomic mass is 19.4. The van der Waals surface area contributed by atoms with Gasteiger partial charge in [-0.3, -0.25) is 4.90 Å². The molecular formula is C8H16F3NO2. The van der Waals surface area contributed by atoms with Crippen molar-refractivity contribution >= 4 is 0 Å². The minimum atomic E-state index is -4.12. The van der Waals surface area contributed by atoms with E-state index in [1.807, 2.05) is 0 Å². The van der Waals surface area contributed by atoms with Crippen molar-refractivity contribution in [1.82, 2.24) is 4.90 Å². The van der Waals surface area contributed by atoms with Crippen LogP contribution >= 0.6 is 0 Å². The molecule has 0 aliphatic heterocycles. The Kier molecular flexibility index (Phi) is 6.86. The quantitative estimate of drug-likeness (QED) is 0.654. The summed E-state index contributed by atoms with van der Waals surface area (Å²) in [6.45, 7) is 0.648. The molecule has 0 bridgehead atoms. The number of aliphatic hydroxyl groups is 2. The lowest BCUT2D eigenvalue weighted by atomic mass is 10.3. The first-order valence-corrected chi connectivity index (χ1v) is 4.50. The van der Waals surface area contributed by atoms with Crippen molar-refractivity contribution in [2.24, 2.45) is 0 Å². The first-order chi connectivity index (χ1) is 6.49. The molecule has 0 saturated carbocycles. The van der Waals surface area contributed by atoms with Crippen LogP contribution in [0.5, 0.6) is 0 Å². The molecule has 0 saturated heterocycles. The maximum absolute atomic E-state index is 11.8. The molecule has 86 valence electrons. The largest absolute Gasteiger partial charge is 0.395 e. The number of hydrogen-bond donors (Lipinski definition) is 2. The van der Waals surface area contributed by atoms with Crippen molar-refractivity contribution in [3.63, 3.8) is 0 Å². The summed E-state index contributed by atoms with van der Waals surface area (Å²) in [6.07, 6.45) is -4.94. The third-order valence-electron chi connectivity index (χ3n) is 1.77. The van der Waals surface area contributed by atoms with Crippen LogP contribution in [-0.2, 0) is 0 Å². The van der Waals surface area contributed by atoms with Crippen LogP contribution < -0.4 is 0 Å². The molecule has 0 aromatic heterocycles.